The van der Waals surface area contributed by atoms with Crippen LogP contribution in [0.4, 0.5) is 18.9 Å². The van der Waals surface area contributed by atoms with Crippen LogP contribution in [0.2, 0.25) is 0 Å². The molecule has 1 amide bonds. The zero-order valence-corrected chi connectivity index (χ0v) is 17.3. The number of amides is 1. The Morgan fingerprint density at radius 3 is 2.39 bits per heavy atom. The van der Waals surface area contributed by atoms with Gasteiger partial charge in [0.15, 0.2) is 0 Å². The van der Waals surface area contributed by atoms with Crippen LogP contribution >= 0.6 is 0 Å². The van der Waals surface area contributed by atoms with Crippen molar-refractivity contribution >= 4 is 11.6 Å². The number of hydrogen-bond donors (Lipinski definition) is 1. The number of halogens is 3. The molecule has 1 saturated carbocycles. The van der Waals surface area contributed by atoms with Gasteiger partial charge in [0.2, 0.25) is 0 Å². The van der Waals surface area contributed by atoms with Gasteiger partial charge in [-0.25, -0.2) is 0 Å². The number of carbonyl (C=O) groups is 1. The smallest absolute Gasteiger partial charge is 0.417 e. The van der Waals surface area contributed by atoms with Crippen LogP contribution in [0.5, 0.6) is 5.75 Å². The molecule has 0 bridgehead atoms. The first-order valence-electron chi connectivity index (χ1n) is 10.8. The number of nitrogens with zero attached hydrogens (tertiary/aromatic N) is 1. The van der Waals surface area contributed by atoms with Crippen LogP contribution in [-0.4, -0.2) is 37.0 Å². The molecule has 0 aromatic heterocycles. The van der Waals surface area contributed by atoms with Crippen molar-refractivity contribution in [3.05, 3.63) is 59.7 Å². The van der Waals surface area contributed by atoms with Crippen LogP contribution in [0.1, 0.15) is 41.6 Å². The molecule has 31 heavy (non-hydrogen) atoms. The Bertz CT molecular complexity index is 886. The molecule has 2 aliphatic rings. The summed E-state index contributed by atoms with van der Waals surface area (Å²) in [6, 6.07) is 11.4. The van der Waals surface area contributed by atoms with Gasteiger partial charge < -0.3 is 15.0 Å². The summed E-state index contributed by atoms with van der Waals surface area (Å²) in [7, 11) is 0. The van der Waals surface area contributed by atoms with Crippen molar-refractivity contribution in [2.45, 2.75) is 31.9 Å². The van der Waals surface area contributed by atoms with Crippen molar-refractivity contribution in [1.29, 1.82) is 0 Å². The number of ether oxygens (including phenoxy) is 1. The second kappa shape index (κ2) is 9.30. The van der Waals surface area contributed by atoms with E-state index in [0.717, 1.165) is 30.9 Å². The van der Waals surface area contributed by atoms with E-state index in [1.807, 2.05) is 0 Å². The lowest BCUT2D eigenvalue weighted by molar-refractivity contribution is -0.137. The van der Waals surface area contributed by atoms with Gasteiger partial charge in [0.05, 0.1) is 17.7 Å². The molecule has 2 atom stereocenters. The standard InChI is InChI=1S/C24H27F3N2O2/c25-24(26,27)22-8-2-1-7-21(22)23(30)28-19-9-11-20(12-10-19)31-14-4-13-29-15-17-5-3-6-18(17)16-29/h1-2,7-12,17-18H,3-6,13-16H2,(H,28,30). The average molecular weight is 432 g/mol. The number of anilines is 1. The fourth-order valence-corrected chi connectivity index (χ4v) is 4.75. The van der Waals surface area contributed by atoms with Gasteiger partial charge in [0.25, 0.3) is 5.91 Å². The molecule has 2 aromatic rings. The summed E-state index contributed by atoms with van der Waals surface area (Å²) in [5.74, 6) is 1.67. The number of nitrogens with one attached hydrogen (secondary N) is 1. The number of alkyl halides is 3. The van der Waals surface area contributed by atoms with Crippen LogP contribution in [0.15, 0.2) is 48.5 Å². The van der Waals surface area contributed by atoms with Gasteiger partial charge in [0, 0.05) is 25.3 Å². The van der Waals surface area contributed by atoms with Crippen LogP contribution < -0.4 is 10.1 Å². The lowest BCUT2D eigenvalue weighted by Crippen LogP contribution is -2.24. The van der Waals surface area contributed by atoms with E-state index in [4.69, 9.17) is 4.74 Å². The third-order valence-electron chi connectivity index (χ3n) is 6.28. The molecule has 1 aliphatic heterocycles. The van der Waals surface area contributed by atoms with E-state index in [1.165, 1.54) is 50.6 Å². The third-order valence-corrected chi connectivity index (χ3v) is 6.28. The van der Waals surface area contributed by atoms with Crippen LogP contribution in [-0.2, 0) is 6.18 Å². The second-order valence-electron chi connectivity index (χ2n) is 8.43. The summed E-state index contributed by atoms with van der Waals surface area (Å²) >= 11 is 0. The Morgan fingerprint density at radius 2 is 1.71 bits per heavy atom. The highest BCUT2D eigenvalue weighted by Crippen LogP contribution is 2.37. The molecular weight excluding hydrogens is 405 g/mol. The molecule has 7 heteroatoms. The predicted octanol–water partition coefficient (Wildman–Crippen LogP) is 5.46. The lowest BCUT2D eigenvalue weighted by atomic mass is 10.0. The zero-order valence-electron chi connectivity index (χ0n) is 17.3. The topological polar surface area (TPSA) is 41.6 Å². The normalized spacial score (nSPS) is 21.1. The van der Waals surface area contributed by atoms with Crippen molar-refractivity contribution in [3.8, 4) is 5.75 Å². The summed E-state index contributed by atoms with van der Waals surface area (Å²) < 4.78 is 45.1. The minimum atomic E-state index is -4.58. The van der Waals surface area contributed by atoms with E-state index in [9.17, 15) is 18.0 Å². The quantitative estimate of drug-likeness (QED) is 0.591. The van der Waals surface area contributed by atoms with Gasteiger partial charge in [-0.3, -0.25) is 4.79 Å². The summed E-state index contributed by atoms with van der Waals surface area (Å²) in [4.78, 5) is 14.9. The molecule has 0 spiro atoms. The number of likely N-dealkylation sites (tertiary alicyclic amines) is 1. The fraction of sp³-hybridized carbons (Fsp3) is 0.458. The molecule has 1 saturated heterocycles. The SMILES string of the molecule is O=C(Nc1ccc(OCCCN2CC3CCCC3C2)cc1)c1ccccc1C(F)(F)F. The van der Waals surface area contributed by atoms with Gasteiger partial charge in [-0.1, -0.05) is 18.6 Å². The van der Waals surface area contributed by atoms with Crippen molar-refractivity contribution in [2.75, 3.05) is 31.6 Å². The summed E-state index contributed by atoms with van der Waals surface area (Å²) in [6.07, 6.45) is 0.508. The maximum absolute atomic E-state index is 13.1. The Labute approximate surface area is 180 Å². The molecular formula is C24H27F3N2O2. The van der Waals surface area contributed by atoms with Crippen molar-refractivity contribution in [2.24, 2.45) is 11.8 Å². The largest absolute Gasteiger partial charge is 0.494 e. The Hall–Kier alpha value is -2.54. The number of carbonyl (C=O) groups excluding carboxylic acids is 1. The van der Waals surface area contributed by atoms with E-state index in [0.29, 0.717) is 18.0 Å². The molecule has 2 fully saturated rings. The third kappa shape index (κ3) is 5.39. The molecule has 0 radical (unpaired) electrons. The van der Waals surface area contributed by atoms with E-state index in [2.05, 4.69) is 10.2 Å². The van der Waals surface area contributed by atoms with Crippen LogP contribution in [0.3, 0.4) is 0 Å². The first kappa shape index (κ1) is 21.7. The van der Waals surface area contributed by atoms with Gasteiger partial charge in [-0.15, -0.1) is 0 Å². The Kier molecular flexibility index (Phi) is 6.51. The zero-order chi connectivity index (χ0) is 21.8. The summed E-state index contributed by atoms with van der Waals surface area (Å²) in [6.45, 7) is 4.09. The molecule has 166 valence electrons. The molecule has 1 heterocycles. The van der Waals surface area contributed by atoms with Gasteiger partial charge in [-0.2, -0.15) is 13.2 Å². The summed E-state index contributed by atoms with van der Waals surface area (Å²) in [5.41, 5.74) is -0.937. The minimum Gasteiger partial charge on any atom is -0.494 e. The fourth-order valence-electron chi connectivity index (χ4n) is 4.75. The monoisotopic (exact) mass is 432 g/mol. The van der Waals surface area contributed by atoms with Crippen molar-refractivity contribution < 1.29 is 22.7 Å². The maximum atomic E-state index is 13.1. The molecule has 1 N–H and O–H groups in total. The number of rotatable bonds is 7. The minimum absolute atomic E-state index is 0.402. The van der Waals surface area contributed by atoms with Gasteiger partial charge in [0.1, 0.15) is 5.75 Å². The highest BCUT2D eigenvalue weighted by atomic mass is 19.4. The van der Waals surface area contributed by atoms with Crippen molar-refractivity contribution in [1.82, 2.24) is 4.90 Å². The number of benzene rings is 2. The predicted molar refractivity (Wildman–Crippen MR) is 113 cm³/mol. The highest BCUT2D eigenvalue weighted by molar-refractivity contribution is 6.05. The van der Waals surface area contributed by atoms with E-state index in [-0.39, 0.29) is 0 Å². The first-order valence-corrected chi connectivity index (χ1v) is 10.8. The molecule has 2 aromatic carbocycles. The maximum Gasteiger partial charge on any atom is 0.417 e. The lowest BCUT2D eigenvalue weighted by Gasteiger charge is -2.16. The van der Waals surface area contributed by atoms with E-state index in [1.54, 1.807) is 24.3 Å². The van der Waals surface area contributed by atoms with Crippen LogP contribution in [0, 0.1) is 11.8 Å². The van der Waals surface area contributed by atoms with Crippen molar-refractivity contribution in [3.63, 3.8) is 0 Å². The summed E-state index contributed by atoms with van der Waals surface area (Å²) in [5, 5.41) is 2.52. The van der Waals surface area contributed by atoms with Crippen LogP contribution in [0.25, 0.3) is 0 Å². The highest BCUT2D eigenvalue weighted by Gasteiger charge is 2.36. The second-order valence-corrected chi connectivity index (χ2v) is 8.43. The van der Waals surface area contributed by atoms with Gasteiger partial charge in [-0.05, 0) is 67.5 Å². The van der Waals surface area contributed by atoms with E-state index < -0.39 is 23.2 Å². The number of fused-ring (bicyclic) bond motifs is 1. The van der Waals surface area contributed by atoms with E-state index >= 15 is 0 Å². The average Bonchev–Trinajstić information content (AvgIpc) is 3.34. The first-order chi connectivity index (χ1) is 14.9. The van der Waals surface area contributed by atoms with Gasteiger partial charge >= 0.3 is 6.18 Å². The molecule has 2 unspecified atom stereocenters. The Balaban J connectivity index is 1.24. The number of hydrogen-bond acceptors (Lipinski definition) is 3. The Morgan fingerprint density at radius 1 is 1.03 bits per heavy atom. The molecule has 4 rings (SSSR count). The molecule has 1 aliphatic carbocycles. The molecule has 4 nitrogen and oxygen atoms in total.